The number of quaternary nitrogens is 1. The number of imide groups is 1. The van der Waals surface area contributed by atoms with Gasteiger partial charge in [-0.25, -0.2) is 0 Å². The highest BCUT2D eigenvalue weighted by Gasteiger charge is 2.65. The Labute approximate surface area is 175 Å². The molecule has 0 saturated carbocycles. The van der Waals surface area contributed by atoms with Crippen LogP contribution < -0.4 is 15.0 Å². The fourth-order valence-corrected chi connectivity index (χ4v) is 5.51. The van der Waals surface area contributed by atoms with Gasteiger partial charge in [-0.15, -0.1) is 0 Å². The van der Waals surface area contributed by atoms with Gasteiger partial charge in [0.1, 0.15) is 23.6 Å². The van der Waals surface area contributed by atoms with Gasteiger partial charge in [-0.1, -0.05) is 24.3 Å². The molecule has 0 aliphatic carbocycles. The molecule has 2 aromatic rings. The number of carbonyl (C=O) groups excluding carboxylic acids is 3. The van der Waals surface area contributed by atoms with Crippen LogP contribution in [0.3, 0.4) is 0 Å². The number of hydrogen-bond donors (Lipinski definition) is 2. The number of rotatable bonds is 3. The Morgan fingerprint density at radius 1 is 1.10 bits per heavy atom. The SMILES string of the molecule is COc1ccc(C(=O)[C@@H]2[C@H]3C(=O)NC(=O)[C@H]3[C@@H]3c4ccccc4C=C[NH+]23)cc1Br. The highest BCUT2D eigenvalue weighted by molar-refractivity contribution is 9.10. The van der Waals surface area contributed by atoms with Crippen molar-refractivity contribution >= 4 is 39.6 Å². The first kappa shape index (κ1) is 18.3. The summed E-state index contributed by atoms with van der Waals surface area (Å²) in [6, 6.07) is 12.0. The summed E-state index contributed by atoms with van der Waals surface area (Å²) in [6.07, 6.45) is 3.89. The van der Waals surface area contributed by atoms with Gasteiger partial charge in [0.05, 0.1) is 17.8 Å². The number of ketones is 1. The lowest BCUT2D eigenvalue weighted by molar-refractivity contribution is -0.884. The summed E-state index contributed by atoms with van der Waals surface area (Å²) in [5.41, 5.74) is 2.50. The van der Waals surface area contributed by atoms with Gasteiger partial charge in [-0.3, -0.25) is 24.6 Å². The van der Waals surface area contributed by atoms with Crippen LogP contribution in [-0.2, 0) is 9.59 Å². The van der Waals surface area contributed by atoms with Crippen molar-refractivity contribution in [3.8, 4) is 5.75 Å². The van der Waals surface area contributed by atoms with Crippen molar-refractivity contribution in [1.29, 1.82) is 0 Å². The predicted octanol–water partition coefficient (Wildman–Crippen LogP) is 1.52. The van der Waals surface area contributed by atoms with Crippen LogP contribution >= 0.6 is 15.9 Å². The van der Waals surface area contributed by atoms with E-state index < -0.39 is 17.9 Å². The maximum Gasteiger partial charge on any atom is 0.237 e. The van der Waals surface area contributed by atoms with Gasteiger partial charge in [0.15, 0.2) is 6.04 Å². The summed E-state index contributed by atoms with van der Waals surface area (Å²) in [4.78, 5) is 39.8. The second kappa shape index (κ2) is 6.64. The van der Waals surface area contributed by atoms with Crippen LogP contribution in [0.5, 0.6) is 5.75 Å². The first-order valence-corrected chi connectivity index (χ1v) is 10.2. The number of Topliss-reactive ketones (excluding diaryl/α,β-unsaturated/α-hetero) is 1. The topological polar surface area (TPSA) is 76.9 Å². The summed E-state index contributed by atoms with van der Waals surface area (Å²) < 4.78 is 5.91. The second-order valence-electron chi connectivity index (χ2n) is 7.54. The quantitative estimate of drug-likeness (QED) is 0.545. The zero-order chi connectivity index (χ0) is 20.3. The molecule has 3 aliphatic heterocycles. The van der Waals surface area contributed by atoms with Gasteiger partial charge in [0, 0.05) is 11.1 Å². The molecule has 0 bridgehead atoms. The number of hydrogen-bond acceptors (Lipinski definition) is 4. The molecule has 29 heavy (non-hydrogen) atoms. The van der Waals surface area contributed by atoms with E-state index >= 15 is 0 Å². The Balaban J connectivity index is 1.62. The van der Waals surface area contributed by atoms with E-state index in [1.54, 1.807) is 25.3 Å². The lowest BCUT2D eigenvalue weighted by Gasteiger charge is -2.29. The number of methoxy groups -OCH3 is 1. The Kier molecular flexibility index (Phi) is 4.18. The fraction of sp³-hybridized carbons (Fsp3) is 0.227. The van der Waals surface area contributed by atoms with E-state index in [9.17, 15) is 14.4 Å². The number of fused-ring (bicyclic) bond motifs is 5. The summed E-state index contributed by atoms with van der Waals surface area (Å²) >= 11 is 3.42. The maximum atomic E-state index is 13.6. The Morgan fingerprint density at radius 3 is 2.62 bits per heavy atom. The molecule has 3 aliphatic rings. The number of ether oxygens (including phenoxy) is 1. The van der Waals surface area contributed by atoms with Crippen LogP contribution in [-0.4, -0.2) is 30.7 Å². The third-order valence-electron chi connectivity index (χ3n) is 6.18. The molecule has 5 rings (SSSR count). The third-order valence-corrected chi connectivity index (χ3v) is 6.80. The molecule has 0 spiro atoms. The smallest absolute Gasteiger partial charge is 0.237 e. The first-order valence-electron chi connectivity index (χ1n) is 9.37. The van der Waals surface area contributed by atoms with Crippen LogP contribution in [0.25, 0.3) is 6.08 Å². The number of amides is 2. The largest absolute Gasteiger partial charge is 0.496 e. The highest BCUT2D eigenvalue weighted by atomic mass is 79.9. The molecule has 5 atom stereocenters. The van der Waals surface area contributed by atoms with E-state index in [0.717, 1.165) is 16.0 Å². The van der Waals surface area contributed by atoms with E-state index in [1.165, 1.54) is 0 Å². The number of halogens is 1. The lowest BCUT2D eigenvalue weighted by Crippen LogP contribution is -3.12. The number of carbonyl (C=O) groups is 3. The highest BCUT2D eigenvalue weighted by Crippen LogP contribution is 2.41. The predicted molar refractivity (Wildman–Crippen MR) is 108 cm³/mol. The van der Waals surface area contributed by atoms with Crippen LogP contribution in [0.2, 0.25) is 0 Å². The van der Waals surface area contributed by atoms with Crippen molar-refractivity contribution in [2.45, 2.75) is 12.1 Å². The van der Waals surface area contributed by atoms with E-state index in [4.69, 9.17) is 4.74 Å². The normalized spacial score (nSPS) is 29.1. The molecule has 2 N–H and O–H groups in total. The molecule has 7 heteroatoms. The van der Waals surface area contributed by atoms with Crippen LogP contribution in [0, 0.1) is 11.8 Å². The minimum Gasteiger partial charge on any atom is -0.496 e. The lowest BCUT2D eigenvalue weighted by atomic mass is 9.83. The second-order valence-corrected chi connectivity index (χ2v) is 8.39. The van der Waals surface area contributed by atoms with Crippen LogP contribution in [0.4, 0.5) is 0 Å². The minimum atomic E-state index is -0.688. The van der Waals surface area contributed by atoms with Crippen molar-refractivity contribution in [3.05, 3.63) is 69.8 Å². The minimum absolute atomic E-state index is 0.158. The Hall–Kier alpha value is -2.77. The summed E-state index contributed by atoms with van der Waals surface area (Å²) in [5, 5.41) is 2.45. The molecular formula is C22H18BrN2O4+. The van der Waals surface area contributed by atoms with Crippen molar-refractivity contribution in [3.63, 3.8) is 0 Å². The zero-order valence-electron chi connectivity index (χ0n) is 15.5. The number of benzene rings is 2. The van der Waals surface area contributed by atoms with E-state index in [2.05, 4.69) is 21.2 Å². The molecule has 0 aromatic heterocycles. The van der Waals surface area contributed by atoms with E-state index in [0.29, 0.717) is 15.8 Å². The van der Waals surface area contributed by atoms with Gasteiger partial charge in [-0.05, 0) is 45.8 Å². The molecule has 1 unspecified atom stereocenters. The van der Waals surface area contributed by atoms with Crippen LogP contribution in [0.15, 0.2) is 53.1 Å². The molecule has 146 valence electrons. The van der Waals surface area contributed by atoms with Crippen molar-refractivity contribution in [2.75, 3.05) is 7.11 Å². The standard InChI is InChI=1S/C22H17BrN2O4/c1-29-15-7-6-12(10-14(15)23)20(26)19-17-16(21(27)24-22(17)28)18-13-5-3-2-4-11(13)8-9-25(18)19/h2-10,16-19H,1H3,(H,24,27,28)/p+1/t16-,17+,18+,19+/m1/s1. The monoisotopic (exact) mass is 453 g/mol. The van der Waals surface area contributed by atoms with E-state index in [1.807, 2.05) is 36.5 Å². The third kappa shape index (κ3) is 2.61. The summed E-state index contributed by atoms with van der Waals surface area (Å²) in [7, 11) is 1.56. The van der Waals surface area contributed by atoms with Gasteiger partial charge < -0.3 is 4.74 Å². The van der Waals surface area contributed by atoms with Crippen molar-refractivity contribution in [1.82, 2.24) is 5.32 Å². The zero-order valence-corrected chi connectivity index (χ0v) is 17.1. The average molecular weight is 454 g/mol. The van der Waals surface area contributed by atoms with Crippen LogP contribution in [0.1, 0.15) is 27.5 Å². The molecule has 6 nitrogen and oxygen atoms in total. The van der Waals surface area contributed by atoms with Gasteiger partial charge >= 0.3 is 0 Å². The van der Waals surface area contributed by atoms with Gasteiger partial charge in [0.2, 0.25) is 17.6 Å². The first-order chi connectivity index (χ1) is 14.0. The van der Waals surface area contributed by atoms with Crippen molar-refractivity contribution in [2.24, 2.45) is 11.8 Å². The molecule has 3 heterocycles. The molecule has 0 radical (unpaired) electrons. The fourth-order valence-electron chi connectivity index (χ4n) is 4.97. The Morgan fingerprint density at radius 2 is 1.86 bits per heavy atom. The average Bonchev–Trinajstić information content (AvgIpc) is 3.22. The Bertz CT molecular complexity index is 1100. The molecule has 2 fully saturated rings. The summed E-state index contributed by atoms with van der Waals surface area (Å²) in [5.74, 6) is -1.44. The van der Waals surface area contributed by atoms with Gasteiger partial charge in [-0.2, -0.15) is 0 Å². The molecule has 2 aromatic carbocycles. The number of nitrogens with one attached hydrogen (secondary N) is 2. The summed E-state index contributed by atoms with van der Waals surface area (Å²) in [6.45, 7) is 0. The van der Waals surface area contributed by atoms with Crippen molar-refractivity contribution < 1.29 is 24.0 Å². The molecule has 2 saturated heterocycles. The van der Waals surface area contributed by atoms with Gasteiger partial charge in [0.25, 0.3) is 0 Å². The molecule has 2 amide bonds. The maximum absolute atomic E-state index is 13.6. The van der Waals surface area contributed by atoms with E-state index in [-0.39, 0.29) is 23.6 Å². The molecular weight excluding hydrogens is 436 g/mol.